The number of nitrogens with zero attached hydrogens (tertiary/aromatic N) is 1. The molecule has 1 rings (SSSR count). The summed E-state index contributed by atoms with van der Waals surface area (Å²) in [4.78, 5) is 2.52. The van der Waals surface area contributed by atoms with Gasteiger partial charge in [0.05, 0.1) is 0 Å². The Hall–Kier alpha value is -0.340. The lowest BCUT2D eigenvalue weighted by Gasteiger charge is -2.37. The molecule has 0 aromatic heterocycles. The molecule has 1 fully saturated rings. The smallest absolute Gasteiger partial charge is 0.0187 e. The highest BCUT2D eigenvalue weighted by molar-refractivity contribution is 4.94. The van der Waals surface area contributed by atoms with Crippen molar-refractivity contribution in [2.45, 2.75) is 39.7 Å². The Balaban J connectivity index is 2.30. The van der Waals surface area contributed by atoms with Crippen molar-refractivity contribution < 1.29 is 0 Å². The van der Waals surface area contributed by atoms with Gasteiger partial charge in [0, 0.05) is 19.1 Å². The monoisotopic (exact) mass is 210 g/mol. The minimum absolute atomic E-state index is 0.728. The first-order valence-corrected chi connectivity index (χ1v) is 6.23. The summed E-state index contributed by atoms with van der Waals surface area (Å²) in [6.45, 7) is 15.4. The Labute approximate surface area is 94.7 Å². The van der Waals surface area contributed by atoms with Crippen molar-refractivity contribution in [2.75, 3.05) is 26.2 Å². The first-order valence-electron chi connectivity index (χ1n) is 6.23. The maximum Gasteiger partial charge on any atom is 0.0187 e. The van der Waals surface area contributed by atoms with Gasteiger partial charge >= 0.3 is 0 Å². The van der Waals surface area contributed by atoms with Gasteiger partial charge in [-0.05, 0) is 38.8 Å². The Morgan fingerprint density at radius 1 is 1.53 bits per heavy atom. The molecule has 0 amide bonds. The van der Waals surface area contributed by atoms with Gasteiger partial charge in [-0.3, -0.25) is 4.90 Å². The maximum atomic E-state index is 3.99. The number of hydrogen-bond acceptors (Lipinski definition) is 2. The van der Waals surface area contributed by atoms with Crippen LogP contribution in [-0.2, 0) is 0 Å². The topological polar surface area (TPSA) is 15.3 Å². The fraction of sp³-hybridized carbons (Fsp3) is 0.846. The first kappa shape index (κ1) is 12.7. The Morgan fingerprint density at radius 3 is 2.80 bits per heavy atom. The zero-order valence-electron chi connectivity index (χ0n) is 10.6. The van der Waals surface area contributed by atoms with Crippen molar-refractivity contribution in [3.05, 3.63) is 12.2 Å². The summed E-state index contributed by atoms with van der Waals surface area (Å²) in [6.07, 6.45) is 2.52. The summed E-state index contributed by atoms with van der Waals surface area (Å²) in [5, 5.41) is 3.65. The van der Waals surface area contributed by atoms with E-state index in [1.807, 2.05) is 0 Å². The Bertz CT molecular complexity index is 201. The van der Waals surface area contributed by atoms with Crippen LogP contribution in [0.2, 0.25) is 0 Å². The minimum atomic E-state index is 0.728. The van der Waals surface area contributed by atoms with E-state index in [0.29, 0.717) is 0 Å². The number of rotatable bonds is 5. The molecule has 2 unspecified atom stereocenters. The van der Waals surface area contributed by atoms with Crippen LogP contribution in [0, 0.1) is 5.92 Å². The number of hydrogen-bond donors (Lipinski definition) is 1. The third kappa shape index (κ3) is 4.35. The van der Waals surface area contributed by atoms with Crippen LogP contribution in [0.5, 0.6) is 0 Å². The van der Waals surface area contributed by atoms with Crippen molar-refractivity contribution in [3.63, 3.8) is 0 Å². The summed E-state index contributed by atoms with van der Waals surface area (Å²) in [5.74, 6) is 0.768. The van der Waals surface area contributed by atoms with Crippen molar-refractivity contribution >= 4 is 0 Å². The van der Waals surface area contributed by atoms with E-state index in [1.165, 1.54) is 31.5 Å². The van der Waals surface area contributed by atoms with E-state index in [0.717, 1.165) is 25.0 Å². The van der Waals surface area contributed by atoms with Gasteiger partial charge < -0.3 is 5.32 Å². The fourth-order valence-corrected chi connectivity index (χ4v) is 2.39. The molecule has 1 saturated heterocycles. The highest BCUT2D eigenvalue weighted by Gasteiger charge is 2.24. The van der Waals surface area contributed by atoms with Crippen LogP contribution in [0.1, 0.15) is 33.6 Å². The van der Waals surface area contributed by atoms with Crippen LogP contribution in [0.25, 0.3) is 0 Å². The van der Waals surface area contributed by atoms with Gasteiger partial charge in [0.15, 0.2) is 0 Å². The molecule has 0 aromatic rings. The zero-order valence-corrected chi connectivity index (χ0v) is 10.6. The summed E-state index contributed by atoms with van der Waals surface area (Å²) in [6, 6.07) is 0.728. The van der Waals surface area contributed by atoms with Crippen molar-refractivity contribution in [3.8, 4) is 0 Å². The quantitative estimate of drug-likeness (QED) is 0.700. The molecule has 15 heavy (non-hydrogen) atoms. The lowest BCUT2D eigenvalue weighted by Crippen LogP contribution is -2.48. The van der Waals surface area contributed by atoms with Crippen LogP contribution < -0.4 is 5.32 Å². The average Bonchev–Trinajstić information content (AvgIpc) is 2.15. The van der Waals surface area contributed by atoms with E-state index < -0.39 is 0 Å². The Morgan fingerprint density at radius 2 is 2.27 bits per heavy atom. The molecule has 2 atom stereocenters. The Kier molecular flexibility index (Phi) is 5.34. The molecule has 88 valence electrons. The van der Waals surface area contributed by atoms with E-state index in [-0.39, 0.29) is 0 Å². The second kappa shape index (κ2) is 6.29. The summed E-state index contributed by atoms with van der Waals surface area (Å²) in [7, 11) is 0. The van der Waals surface area contributed by atoms with E-state index in [1.54, 1.807) is 0 Å². The molecule has 1 heterocycles. The first-order chi connectivity index (χ1) is 7.13. The molecule has 0 saturated carbocycles. The van der Waals surface area contributed by atoms with Crippen LogP contribution in [0.3, 0.4) is 0 Å². The van der Waals surface area contributed by atoms with Crippen LogP contribution >= 0.6 is 0 Å². The molecule has 0 spiro atoms. The third-order valence-electron chi connectivity index (χ3n) is 3.14. The van der Waals surface area contributed by atoms with Gasteiger partial charge in [0.1, 0.15) is 0 Å². The summed E-state index contributed by atoms with van der Waals surface area (Å²) < 4.78 is 0. The molecule has 0 aromatic carbocycles. The highest BCUT2D eigenvalue weighted by atomic mass is 15.1. The SMILES string of the molecule is C=C(C)CN1CCC(NCCC)C(C)C1. The van der Waals surface area contributed by atoms with Crippen LogP contribution in [0.4, 0.5) is 0 Å². The second-order valence-electron chi connectivity index (χ2n) is 5.02. The molecular weight excluding hydrogens is 184 g/mol. The number of nitrogens with one attached hydrogen (secondary N) is 1. The average molecular weight is 210 g/mol. The van der Waals surface area contributed by atoms with Crippen molar-refractivity contribution in [1.29, 1.82) is 0 Å². The molecule has 0 bridgehead atoms. The zero-order chi connectivity index (χ0) is 11.3. The van der Waals surface area contributed by atoms with Gasteiger partial charge in [0.2, 0.25) is 0 Å². The van der Waals surface area contributed by atoms with E-state index in [9.17, 15) is 0 Å². The molecule has 0 aliphatic carbocycles. The van der Waals surface area contributed by atoms with E-state index >= 15 is 0 Å². The summed E-state index contributed by atoms with van der Waals surface area (Å²) >= 11 is 0. The predicted octanol–water partition coefficient (Wildman–Crippen LogP) is 2.27. The van der Waals surface area contributed by atoms with Gasteiger partial charge in [-0.25, -0.2) is 0 Å². The molecule has 1 aliphatic rings. The van der Waals surface area contributed by atoms with Gasteiger partial charge in [-0.15, -0.1) is 0 Å². The maximum absolute atomic E-state index is 3.99. The lowest BCUT2D eigenvalue weighted by atomic mass is 9.93. The molecule has 1 N–H and O–H groups in total. The molecular formula is C13H26N2. The van der Waals surface area contributed by atoms with Crippen LogP contribution in [0.15, 0.2) is 12.2 Å². The second-order valence-corrected chi connectivity index (χ2v) is 5.02. The van der Waals surface area contributed by atoms with Crippen molar-refractivity contribution in [1.82, 2.24) is 10.2 Å². The lowest BCUT2D eigenvalue weighted by molar-refractivity contribution is 0.158. The highest BCUT2D eigenvalue weighted by Crippen LogP contribution is 2.17. The molecule has 2 heteroatoms. The molecule has 2 nitrogen and oxygen atoms in total. The van der Waals surface area contributed by atoms with E-state index in [4.69, 9.17) is 0 Å². The van der Waals surface area contributed by atoms with Gasteiger partial charge in [0.25, 0.3) is 0 Å². The number of likely N-dealkylation sites (tertiary alicyclic amines) is 1. The molecule has 0 radical (unpaired) electrons. The number of piperidine rings is 1. The normalized spacial score (nSPS) is 27.9. The fourth-order valence-electron chi connectivity index (χ4n) is 2.39. The third-order valence-corrected chi connectivity index (χ3v) is 3.14. The van der Waals surface area contributed by atoms with Crippen molar-refractivity contribution in [2.24, 2.45) is 5.92 Å². The van der Waals surface area contributed by atoms with Gasteiger partial charge in [-0.1, -0.05) is 26.0 Å². The van der Waals surface area contributed by atoms with Crippen LogP contribution in [-0.4, -0.2) is 37.1 Å². The van der Waals surface area contributed by atoms with Gasteiger partial charge in [-0.2, -0.15) is 0 Å². The molecule has 1 aliphatic heterocycles. The standard InChI is InChI=1S/C13H26N2/c1-5-7-14-13-6-8-15(9-11(2)3)10-12(13)4/h12-14H,2,5-10H2,1,3-4H3. The largest absolute Gasteiger partial charge is 0.314 e. The minimum Gasteiger partial charge on any atom is -0.314 e. The summed E-state index contributed by atoms with van der Waals surface area (Å²) in [5.41, 5.74) is 1.28. The van der Waals surface area contributed by atoms with E-state index in [2.05, 4.69) is 37.6 Å². The predicted molar refractivity (Wildman–Crippen MR) is 67.1 cm³/mol.